The molecule has 2 aliphatic rings. The molecule has 0 saturated carbocycles. The molecule has 2 heterocycles. The third-order valence-electron chi connectivity index (χ3n) is 5.39. The lowest BCUT2D eigenvalue weighted by Crippen LogP contribution is -2.51. The minimum absolute atomic E-state index is 0.121. The molecule has 0 radical (unpaired) electrons. The lowest BCUT2D eigenvalue weighted by Gasteiger charge is -2.43. The zero-order valence-corrected chi connectivity index (χ0v) is 15.5. The lowest BCUT2D eigenvalue weighted by atomic mass is 9.76. The second-order valence-corrected chi connectivity index (χ2v) is 7.77. The average molecular weight is 431 g/mol. The topological polar surface area (TPSA) is 29.5 Å². The van der Waals surface area contributed by atoms with Crippen molar-refractivity contribution in [3.63, 3.8) is 0 Å². The van der Waals surface area contributed by atoms with Crippen LogP contribution in [0, 0.1) is 9.49 Å². The minimum atomic E-state index is -0.292. The van der Waals surface area contributed by atoms with Gasteiger partial charge in [-0.3, -0.25) is 14.1 Å². The fourth-order valence-electron chi connectivity index (χ4n) is 4.41. The molecule has 1 aromatic carbocycles. The van der Waals surface area contributed by atoms with Crippen LogP contribution in [0.1, 0.15) is 37.2 Å². The van der Waals surface area contributed by atoms with Crippen molar-refractivity contribution in [1.82, 2.24) is 4.90 Å². The number of esters is 1. The summed E-state index contributed by atoms with van der Waals surface area (Å²) in [5.74, 6) is -0.0545. The van der Waals surface area contributed by atoms with Gasteiger partial charge in [0, 0.05) is 28.1 Å². The van der Waals surface area contributed by atoms with Crippen molar-refractivity contribution in [2.45, 2.75) is 43.7 Å². The Labute approximate surface area is 150 Å². The first kappa shape index (κ1) is 17.1. The van der Waals surface area contributed by atoms with E-state index >= 15 is 0 Å². The number of nitrogens with zero attached hydrogens (tertiary/aromatic N) is 1. The number of piperidine rings is 1. The fourth-order valence-corrected chi connectivity index (χ4v) is 4.77. The molecule has 3 nitrogen and oxygen atoms in total. The number of ether oxygens (including phenoxy) is 1. The van der Waals surface area contributed by atoms with E-state index in [0.717, 1.165) is 25.8 Å². The molecule has 2 unspecified atom stereocenters. The van der Waals surface area contributed by atoms with Crippen LogP contribution in [0.3, 0.4) is 0 Å². The molecule has 2 aliphatic heterocycles. The number of alkyl halides is 1. The largest absolute Gasteiger partial charge is 0.469 e. The van der Waals surface area contributed by atoms with Gasteiger partial charge >= 0.3 is 5.97 Å². The summed E-state index contributed by atoms with van der Waals surface area (Å²) in [6, 6.07) is 9.13. The minimum Gasteiger partial charge on any atom is -0.469 e. The highest BCUT2D eigenvalue weighted by Gasteiger charge is 2.50. The highest BCUT2D eigenvalue weighted by atomic mass is 127. The second kappa shape index (κ2) is 7.47. The lowest BCUT2D eigenvalue weighted by molar-refractivity contribution is -0.150. The fraction of sp³-hybridized carbons (Fsp3) is 0.611. The molecule has 2 saturated heterocycles. The standard InChI is InChI=1S/C18H23FINO2/c1-23-18(22)17-15(12-3-5-13(20)6-4-12)11-14-7-8-16(17)21(14)10-2-9-19/h3-6,14-17H,2,7-11H2,1H3/t14-,15?,16?,17+/m1/s1. The van der Waals surface area contributed by atoms with Gasteiger partial charge in [-0.05, 0) is 66.0 Å². The number of rotatable bonds is 5. The van der Waals surface area contributed by atoms with Crippen molar-refractivity contribution >= 4 is 28.6 Å². The number of hydrogen-bond acceptors (Lipinski definition) is 3. The SMILES string of the molecule is COC(=O)[C@H]1C(c2ccc(I)cc2)C[C@H]2CCC1N2CCCF. The Morgan fingerprint density at radius 1 is 1.35 bits per heavy atom. The molecular formula is C18H23FINO2. The normalized spacial score (nSPS) is 30.4. The molecule has 2 fully saturated rings. The van der Waals surface area contributed by atoms with Crippen LogP contribution in [0.2, 0.25) is 0 Å². The second-order valence-electron chi connectivity index (χ2n) is 6.52. The Balaban J connectivity index is 1.88. The van der Waals surface area contributed by atoms with Crippen molar-refractivity contribution in [2.24, 2.45) is 5.92 Å². The van der Waals surface area contributed by atoms with Gasteiger partial charge in [0.2, 0.25) is 0 Å². The van der Waals surface area contributed by atoms with Gasteiger partial charge in [-0.15, -0.1) is 0 Å². The Hall–Kier alpha value is -0.690. The Kier molecular flexibility index (Phi) is 5.57. The Morgan fingerprint density at radius 3 is 2.74 bits per heavy atom. The maximum atomic E-state index is 12.6. The maximum absolute atomic E-state index is 12.6. The van der Waals surface area contributed by atoms with Crippen LogP contribution in [-0.4, -0.2) is 43.3 Å². The van der Waals surface area contributed by atoms with Crippen molar-refractivity contribution < 1.29 is 13.9 Å². The van der Waals surface area contributed by atoms with E-state index in [1.165, 1.54) is 16.2 Å². The zero-order chi connectivity index (χ0) is 16.4. The molecule has 2 bridgehead atoms. The van der Waals surface area contributed by atoms with E-state index in [1.807, 2.05) is 0 Å². The number of carbonyl (C=O) groups is 1. The first-order valence-corrected chi connectivity index (χ1v) is 9.38. The zero-order valence-electron chi connectivity index (χ0n) is 13.4. The van der Waals surface area contributed by atoms with E-state index in [4.69, 9.17) is 4.74 Å². The predicted octanol–water partition coefficient (Wildman–Crippen LogP) is 3.76. The van der Waals surface area contributed by atoms with Gasteiger partial charge in [-0.2, -0.15) is 0 Å². The third-order valence-corrected chi connectivity index (χ3v) is 6.11. The van der Waals surface area contributed by atoms with E-state index in [0.29, 0.717) is 12.5 Å². The van der Waals surface area contributed by atoms with Gasteiger partial charge < -0.3 is 4.74 Å². The highest BCUT2D eigenvalue weighted by Crippen LogP contribution is 2.47. The molecule has 23 heavy (non-hydrogen) atoms. The van der Waals surface area contributed by atoms with Crippen LogP contribution in [0.15, 0.2) is 24.3 Å². The summed E-state index contributed by atoms with van der Waals surface area (Å²) >= 11 is 2.30. The Morgan fingerprint density at radius 2 is 2.09 bits per heavy atom. The monoisotopic (exact) mass is 431 g/mol. The molecule has 0 spiro atoms. The third kappa shape index (κ3) is 3.40. The van der Waals surface area contributed by atoms with Crippen molar-refractivity contribution in [1.29, 1.82) is 0 Å². The summed E-state index contributed by atoms with van der Waals surface area (Å²) in [6.45, 7) is 0.456. The first-order valence-electron chi connectivity index (χ1n) is 8.30. The summed E-state index contributed by atoms with van der Waals surface area (Å²) < 4.78 is 18.9. The van der Waals surface area contributed by atoms with Crippen molar-refractivity contribution in [3.05, 3.63) is 33.4 Å². The highest BCUT2D eigenvalue weighted by molar-refractivity contribution is 14.1. The van der Waals surface area contributed by atoms with Crippen LogP contribution < -0.4 is 0 Å². The van der Waals surface area contributed by atoms with Crippen LogP contribution in [-0.2, 0) is 9.53 Å². The molecule has 0 aromatic heterocycles. The average Bonchev–Trinajstić information content (AvgIpc) is 2.84. The maximum Gasteiger partial charge on any atom is 0.310 e. The molecule has 5 heteroatoms. The molecule has 3 rings (SSSR count). The predicted molar refractivity (Wildman–Crippen MR) is 96.1 cm³/mol. The Bertz CT molecular complexity index is 550. The first-order chi connectivity index (χ1) is 11.2. The number of methoxy groups -OCH3 is 1. The molecule has 0 N–H and O–H groups in total. The molecule has 0 amide bonds. The summed E-state index contributed by atoms with van der Waals surface area (Å²) in [7, 11) is 1.47. The van der Waals surface area contributed by atoms with E-state index in [9.17, 15) is 9.18 Å². The van der Waals surface area contributed by atoms with Crippen LogP contribution >= 0.6 is 22.6 Å². The molecule has 4 atom stereocenters. The van der Waals surface area contributed by atoms with Crippen LogP contribution in [0.4, 0.5) is 4.39 Å². The van der Waals surface area contributed by atoms with Crippen LogP contribution in [0.25, 0.3) is 0 Å². The van der Waals surface area contributed by atoms with E-state index in [2.05, 4.69) is 51.8 Å². The summed E-state index contributed by atoms with van der Waals surface area (Å²) in [5.41, 5.74) is 1.22. The van der Waals surface area contributed by atoms with Gasteiger partial charge in [-0.25, -0.2) is 0 Å². The van der Waals surface area contributed by atoms with E-state index < -0.39 is 0 Å². The number of carbonyl (C=O) groups excluding carboxylic acids is 1. The summed E-state index contributed by atoms with van der Waals surface area (Å²) in [6.07, 6.45) is 3.63. The quantitative estimate of drug-likeness (QED) is 0.526. The number of benzene rings is 1. The molecule has 0 aliphatic carbocycles. The smallest absolute Gasteiger partial charge is 0.310 e. The van der Waals surface area contributed by atoms with Gasteiger partial charge in [0.05, 0.1) is 19.7 Å². The van der Waals surface area contributed by atoms with Gasteiger partial charge in [0.1, 0.15) is 0 Å². The molecule has 1 aromatic rings. The van der Waals surface area contributed by atoms with E-state index in [1.54, 1.807) is 0 Å². The number of fused-ring (bicyclic) bond motifs is 2. The van der Waals surface area contributed by atoms with Crippen molar-refractivity contribution in [3.8, 4) is 0 Å². The molecular weight excluding hydrogens is 408 g/mol. The summed E-state index contributed by atoms with van der Waals surface area (Å²) in [5, 5.41) is 0. The molecule has 126 valence electrons. The van der Waals surface area contributed by atoms with Crippen molar-refractivity contribution in [2.75, 3.05) is 20.3 Å². The van der Waals surface area contributed by atoms with Gasteiger partial charge in [0.15, 0.2) is 0 Å². The summed E-state index contributed by atoms with van der Waals surface area (Å²) in [4.78, 5) is 14.9. The van der Waals surface area contributed by atoms with Crippen LogP contribution in [0.5, 0.6) is 0 Å². The number of hydrogen-bond donors (Lipinski definition) is 0. The van der Waals surface area contributed by atoms with Gasteiger partial charge in [0.25, 0.3) is 0 Å². The number of halogens is 2. The van der Waals surface area contributed by atoms with Gasteiger partial charge in [-0.1, -0.05) is 12.1 Å². The van der Waals surface area contributed by atoms with E-state index in [-0.39, 0.29) is 30.5 Å².